The third-order valence-corrected chi connectivity index (χ3v) is 1.24. The van der Waals surface area contributed by atoms with Gasteiger partial charge in [0.25, 0.3) is 0 Å². The first-order valence-corrected chi connectivity index (χ1v) is 4.27. The van der Waals surface area contributed by atoms with Crippen LogP contribution in [0.2, 0.25) is 0 Å². The van der Waals surface area contributed by atoms with E-state index in [0.29, 0.717) is 12.5 Å². The number of carbonyl (C=O) groups excluding carboxylic acids is 1. The van der Waals surface area contributed by atoms with Gasteiger partial charge in [-0.2, -0.15) is 0 Å². The molecule has 0 bridgehead atoms. The SMILES string of the molecule is CCOC(=O)[C@@H](C)N=CC(C)C. The molecule has 0 spiro atoms. The molecule has 0 heterocycles. The van der Waals surface area contributed by atoms with Crippen molar-refractivity contribution in [2.45, 2.75) is 33.7 Å². The van der Waals surface area contributed by atoms with E-state index in [2.05, 4.69) is 4.99 Å². The number of nitrogens with zero attached hydrogens (tertiary/aromatic N) is 1. The fraction of sp³-hybridized carbons (Fsp3) is 0.778. The van der Waals surface area contributed by atoms with Crippen molar-refractivity contribution >= 4 is 12.2 Å². The average Bonchev–Trinajstić information content (AvgIpc) is 2.00. The maximum absolute atomic E-state index is 11.0. The molecule has 3 heteroatoms. The molecule has 0 unspecified atom stereocenters. The normalized spacial score (nSPS) is 13.8. The molecule has 12 heavy (non-hydrogen) atoms. The van der Waals surface area contributed by atoms with Gasteiger partial charge in [-0.3, -0.25) is 4.99 Å². The first-order chi connectivity index (χ1) is 5.57. The van der Waals surface area contributed by atoms with E-state index in [4.69, 9.17) is 4.74 Å². The van der Waals surface area contributed by atoms with Crippen molar-refractivity contribution in [3.63, 3.8) is 0 Å². The lowest BCUT2D eigenvalue weighted by atomic mass is 10.2. The monoisotopic (exact) mass is 171 g/mol. The number of hydrogen-bond donors (Lipinski definition) is 0. The molecule has 0 saturated carbocycles. The van der Waals surface area contributed by atoms with Gasteiger partial charge in [0.05, 0.1) is 6.61 Å². The number of aliphatic imine (C=N–C) groups is 1. The molecular formula is C9H17NO2. The number of hydrogen-bond acceptors (Lipinski definition) is 3. The van der Waals surface area contributed by atoms with Crippen LogP contribution < -0.4 is 0 Å². The lowest BCUT2D eigenvalue weighted by Gasteiger charge is -2.05. The van der Waals surface area contributed by atoms with E-state index in [-0.39, 0.29) is 12.0 Å². The maximum Gasteiger partial charge on any atom is 0.330 e. The highest BCUT2D eigenvalue weighted by Crippen LogP contribution is 1.95. The Morgan fingerprint density at radius 1 is 1.50 bits per heavy atom. The maximum atomic E-state index is 11.0. The second kappa shape index (κ2) is 5.75. The third-order valence-electron chi connectivity index (χ3n) is 1.24. The van der Waals surface area contributed by atoms with Gasteiger partial charge in [-0.15, -0.1) is 0 Å². The van der Waals surface area contributed by atoms with Crippen molar-refractivity contribution in [2.24, 2.45) is 10.9 Å². The summed E-state index contributed by atoms with van der Waals surface area (Å²) < 4.78 is 4.78. The predicted octanol–water partition coefficient (Wildman–Crippen LogP) is 1.66. The Bertz CT molecular complexity index is 164. The summed E-state index contributed by atoms with van der Waals surface area (Å²) in [7, 11) is 0. The summed E-state index contributed by atoms with van der Waals surface area (Å²) in [4.78, 5) is 15.1. The fourth-order valence-electron chi connectivity index (χ4n) is 0.625. The second-order valence-electron chi connectivity index (χ2n) is 2.97. The number of carbonyl (C=O) groups is 1. The van der Waals surface area contributed by atoms with Crippen LogP contribution in [-0.2, 0) is 9.53 Å². The predicted molar refractivity (Wildman–Crippen MR) is 49.4 cm³/mol. The molecular weight excluding hydrogens is 154 g/mol. The molecule has 0 aliphatic heterocycles. The summed E-state index contributed by atoms with van der Waals surface area (Å²) in [6.45, 7) is 7.97. The Kier molecular flexibility index (Phi) is 5.34. The molecule has 0 amide bonds. The smallest absolute Gasteiger partial charge is 0.330 e. The molecule has 70 valence electrons. The molecule has 0 aromatic carbocycles. The van der Waals surface area contributed by atoms with E-state index in [1.165, 1.54) is 0 Å². The van der Waals surface area contributed by atoms with E-state index >= 15 is 0 Å². The van der Waals surface area contributed by atoms with E-state index in [1.54, 1.807) is 20.1 Å². The van der Waals surface area contributed by atoms with Crippen LogP contribution in [0.4, 0.5) is 0 Å². The highest BCUT2D eigenvalue weighted by Gasteiger charge is 2.10. The molecule has 0 aromatic heterocycles. The first kappa shape index (κ1) is 11.1. The lowest BCUT2D eigenvalue weighted by molar-refractivity contribution is -0.144. The Morgan fingerprint density at radius 3 is 2.50 bits per heavy atom. The van der Waals surface area contributed by atoms with Gasteiger partial charge in [-0.25, -0.2) is 4.79 Å². The van der Waals surface area contributed by atoms with Gasteiger partial charge in [-0.05, 0) is 19.8 Å². The molecule has 0 aliphatic carbocycles. The quantitative estimate of drug-likeness (QED) is 0.476. The summed E-state index contributed by atoms with van der Waals surface area (Å²) in [5.74, 6) is 0.122. The highest BCUT2D eigenvalue weighted by molar-refractivity contribution is 5.77. The van der Waals surface area contributed by atoms with E-state index in [1.807, 2.05) is 13.8 Å². The van der Waals surface area contributed by atoms with Gasteiger partial charge >= 0.3 is 5.97 Å². The molecule has 0 N–H and O–H groups in total. The average molecular weight is 171 g/mol. The van der Waals surface area contributed by atoms with Crippen molar-refractivity contribution in [3.8, 4) is 0 Å². The first-order valence-electron chi connectivity index (χ1n) is 4.27. The van der Waals surface area contributed by atoms with Crippen LogP contribution in [0.25, 0.3) is 0 Å². The van der Waals surface area contributed by atoms with E-state index in [9.17, 15) is 4.79 Å². The molecule has 0 fully saturated rings. The summed E-state index contributed by atoms with van der Waals surface area (Å²) in [6, 6.07) is -0.368. The minimum atomic E-state index is -0.368. The molecule has 0 aliphatic rings. The lowest BCUT2D eigenvalue weighted by Crippen LogP contribution is -2.18. The van der Waals surface area contributed by atoms with Gasteiger partial charge in [0, 0.05) is 6.21 Å². The molecule has 0 rings (SSSR count). The minimum Gasteiger partial charge on any atom is -0.464 e. The highest BCUT2D eigenvalue weighted by atomic mass is 16.5. The van der Waals surface area contributed by atoms with E-state index < -0.39 is 0 Å². The number of rotatable bonds is 4. The van der Waals surface area contributed by atoms with E-state index in [0.717, 1.165) is 0 Å². The summed E-state index contributed by atoms with van der Waals surface area (Å²) in [5.41, 5.74) is 0. The van der Waals surface area contributed by atoms with Crippen molar-refractivity contribution in [3.05, 3.63) is 0 Å². The Morgan fingerprint density at radius 2 is 2.08 bits per heavy atom. The van der Waals surface area contributed by atoms with Crippen LogP contribution in [-0.4, -0.2) is 24.8 Å². The minimum absolute atomic E-state index is 0.255. The standard InChI is InChI=1S/C9H17NO2/c1-5-12-9(11)8(4)10-6-7(2)3/h6-8H,5H2,1-4H3/t8-/m1/s1. The topological polar surface area (TPSA) is 38.7 Å². The van der Waals surface area contributed by atoms with Gasteiger partial charge in [0.15, 0.2) is 0 Å². The zero-order valence-corrected chi connectivity index (χ0v) is 8.20. The van der Waals surface area contributed by atoms with Gasteiger partial charge in [-0.1, -0.05) is 13.8 Å². The molecule has 1 atom stereocenters. The summed E-state index contributed by atoms with van der Waals surface area (Å²) in [6.07, 6.45) is 1.77. The van der Waals surface area contributed by atoms with Crippen LogP contribution in [0.15, 0.2) is 4.99 Å². The van der Waals surface area contributed by atoms with Crippen LogP contribution in [0.1, 0.15) is 27.7 Å². The van der Waals surface area contributed by atoms with Crippen molar-refractivity contribution in [1.82, 2.24) is 0 Å². The van der Waals surface area contributed by atoms with Crippen molar-refractivity contribution in [2.75, 3.05) is 6.61 Å². The van der Waals surface area contributed by atoms with Gasteiger partial charge < -0.3 is 4.74 Å². The summed E-state index contributed by atoms with van der Waals surface area (Å²) >= 11 is 0. The third kappa shape index (κ3) is 4.88. The zero-order valence-electron chi connectivity index (χ0n) is 8.20. The second-order valence-corrected chi connectivity index (χ2v) is 2.97. The van der Waals surface area contributed by atoms with Crippen molar-refractivity contribution in [1.29, 1.82) is 0 Å². The largest absolute Gasteiger partial charge is 0.464 e. The molecule has 0 radical (unpaired) electrons. The van der Waals surface area contributed by atoms with Gasteiger partial charge in [0.1, 0.15) is 6.04 Å². The zero-order chi connectivity index (χ0) is 9.56. The van der Waals surface area contributed by atoms with Crippen LogP contribution >= 0.6 is 0 Å². The Labute approximate surface area is 73.8 Å². The van der Waals surface area contributed by atoms with Crippen LogP contribution in [0.5, 0.6) is 0 Å². The van der Waals surface area contributed by atoms with Crippen LogP contribution in [0, 0.1) is 5.92 Å². The molecule has 0 aromatic rings. The number of esters is 1. The summed E-state index contributed by atoms with van der Waals surface area (Å²) in [5, 5.41) is 0. The van der Waals surface area contributed by atoms with Crippen LogP contribution in [0.3, 0.4) is 0 Å². The number of ether oxygens (including phenoxy) is 1. The fourth-order valence-corrected chi connectivity index (χ4v) is 0.625. The Balaban J connectivity index is 3.86. The molecule has 3 nitrogen and oxygen atoms in total. The van der Waals surface area contributed by atoms with Crippen molar-refractivity contribution < 1.29 is 9.53 Å². The molecule has 0 saturated heterocycles. The Hall–Kier alpha value is -0.860. The van der Waals surface area contributed by atoms with Gasteiger partial charge in [0.2, 0.25) is 0 Å².